The molecule has 2 aromatic rings. The number of carbonyl (C=O) groups excluding carboxylic acids is 5. The summed E-state index contributed by atoms with van der Waals surface area (Å²) in [4.78, 5) is 72.9. The summed E-state index contributed by atoms with van der Waals surface area (Å²) in [5.41, 5.74) is 5.18. The number of alkyl halides is 3. The van der Waals surface area contributed by atoms with Crippen molar-refractivity contribution >= 4 is 162 Å². The maximum atomic E-state index is 12.4. The van der Waals surface area contributed by atoms with E-state index in [-0.39, 0.29) is 57.6 Å². The fourth-order valence-electron chi connectivity index (χ4n) is 4.92. The predicted molar refractivity (Wildman–Crippen MR) is 270 cm³/mol. The number of hydrogen-bond acceptors (Lipinski definition) is 9. The van der Waals surface area contributed by atoms with Gasteiger partial charge in [0.2, 0.25) is 5.91 Å². The van der Waals surface area contributed by atoms with Crippen LogP contribution in [0.5, 0.6) is 0 Å². The van der Waals surface area contributed by atoms with Crippen LogP contribution in [0.4, 0.5) is 9.59 Å². The van der Waals surface area contributed by atoms with Crippen molar-refractivity contribution in [3.05, 3.63) is 68.6 Å². The predicted octanol–water partition coefficient (Wildman–Crippen LogP) is 9.40. The molecule has 2 fully saturated rings. The molecule has 13 nitrogen and oxygen atoms in total. The zero-order valence-corrected chi connectivity index (χ0v) is 45.1. The first-order chi connectivity index (χ1) is 25.7. The number of aliphatic carboxylic acids is 1. The Balaban J connectivity index is 0. The van der Waals surface area contributed by atoms with Gasteiger partial charge in [0.15, 0.2) is 11.6 Å². The molecule has 0 aliphatic carbocycles. The van der Waals surface area contributed by atoms with Crippen LogP contribution in [-0.2, 0) is 19.1 Å². The SMILES string of the molecule is CC(C)(C)OC(=O)N1CCC[C@H]1C(=O)NCC(=O)c1ccc(Br)cc1.CC(C)(C)OC(=O)N1CCC[C@H]1C(=O)O.CC(I)(I)I.NCC(=O)c1ccc(Br)cc1.S.S. The molecule has 2 aliphatic rings. The number of carboxylic acid groups (broad SMARTS) is 1. The molecular weight excluding hydrogens is 1260 g/mol. The third-order valence-corrected chi connectivity index (χ3v) is 8.35. The zero-order valence-electron chi connectivity index (χ0n) is 33.5. The Morgan fingerprint density at radius 1 is 0.707 bits per heavy atom. The van der Waals surface area contributed by atoms with E-state index in [2.05, 4.69) is 112 Å². The minimum atomic E-state index is -0.960. The van der Waals surface area contributed by atoms with E-state index in [1.54, 1.807) is 77.9 Å². The summed E-state index contributed by atoms with van der Waals surface area (Å²) in [7, 11) is 0. The van der Waals surface area contributed by atoms with Crippen LogP contribution in [0.2, 0.25) is 0 Å². The van der Waals surface area contributed by atoms with Gasteiger partial charge in [0, 0.05) is 33.2 Å². The Morgan fingerprint density at radius 2 is 1.05 bits per heavy atom. The van der Waals surface area contributed by atoms with Gasteiger partial charge in [-0.05, 0) is 98.4 Å². The Hall–Kier alpha value is -0.930. The Kier molecular flexibility index (Phi) is 28.5. The fraction of sp³-hybridized carbons (Fsp3) is 0.526. The van der Waals surface area contributed by atoms with E-state index < -0.39 is 41.4 Å². The molecule has 0 unspecified atom stereocenters. The highest BCUT2D eigenvalue weighted by atomic mass is 127. The number of likely N-dealkylation sites (tertiary alicyclic amines) is 2. The van der Waals surface area contributed by atoms with Gasteiger partial charge in [0.1, 0.15) is 22.7 Å². The number of halogens is 5. The molecule has 2 atom stereocenters. The minimum absolute atomic E-state index is 0. The summed E-state index contributed by atoms with van der Waals surface area (Å²) in [5, 5.41) is 11.5. The number of carboxylic acids is 1. The summed E-state index contributed by atoms with van der Waals surface area (Å²) in [6.45, 7) is 13.7. The molecule has 2 heterocycles. The number of benzene rings is 2. The van der Waals surface area contributed by atoms with Crippen LogP contribution in [0, 0.1) is 0 Å². The molecule has 20 heteroatoms. The summed E-state index contributed by atoms with van der Waals surface area (Å²) >= 11 is 13.6. The van der Waals surface area contributed by atoms with Crippen LogP contribution in [0.15, 0.2) is 57.5 Å². The molecule has 2 saturated heterocycles. The molecule has 0 radical (unpaired) electrons. The van der Waals surface area contributed by atoms with E-state index in [1.165, 1.54) is 9.80 Å². The van der Waals surface area contributed by atoms with E-state index in [9.17, 15) is 28.8 Å². The number of carbonyl (C=O) groups is 6. The highest BCUT2D eigenvalue weighted by Gasteiger charge is 2.37. The number of Topliss-reactive ketones (excluding diaryl/α,β-unsaturated/α-hetero) is 2. The van der Waals surface area contributed by atoms with Crippen LogP contribution in [-0.4, -0.2) is 99.4 Å². The molecule has 328 valence electrons. The molecular formula is C38H55Br2I3N4O9S2. The molecule has 2 aromatic carbocycles. The van der Waals surface area contributed by atoms with E-state index in [1.807, 2.05) is 12.1 Å². The lowest BCUT2D eigenvalue weighted by molar-refractivity contribution is -0.142. The van der Waals surface area contributed by atoms with Crippen LogP contribution in [0.1, 0.15) is 94.9 Å². The van der Waals surface area contributed by atoms with Crippen molar-refractivity contribution in [2.45, 2.75) is 96.9 Å². The van der Waals surface area contributed by atoms with Gasteiger partial charge in [-0.1, -0.05) is 124 Å². The monoisotopic (exact) mass is 1310 g/mol. The van der Waals surface area contributed by atoms with Gasteiger partial charge in [-0.3, -0.25) is 24.2 Å². The molecule has 4 rings (SSSR count). The number of nitrogens with one attached hydrogen (secondary N) is 1. The summed E-state index contributed by atoms with van der Waals surface area (Å²) < 4.78 is 12.7. The molecule has 0 spiro atoms. The van der Waals surface area contributed by atoms with Crippen molar-refractivity contribution < 1.29 is 43.3 Å². The topological polar surface area (TPSA) is 186 Å². The Morgan fingerprint density at radius 3 is 1.40 bits per heavy atom. The van der Waals surface area contributed by atoms with E-state index in [4.69, 9.17) is 20.3 Å². The zero-order chi connectivity index (χ0) is 43.0. The Labute approximate surface area is 413 Å². The number of ether oxygens (including phenoxy) is 2. The van der Waals surface area contributed by atoms with Gasteiger partial charge in [-0.25, -0.2) is 14.4 Å². The van der Waals surface area contributed by atoms with Gasteiger partial charge in [0.05, 0.1) is 13.1 Å². The van der Waals surface area contributed by atoms with Crippen molar-refractivity contribution in [3.8, 4) is 0 Å². The molecule has 0 saturated carbocycles. The first kappa shape index (κ1) is 59.2. The molecule has 0 bridgehead atoms. The van der Waals surface area contributed by atoms with Crippen molar-refractivity contribution in [1.29, 1.82) is 0 Å². The fourth-order valence-corrected chi connectivity index (χ4v) is 5.45. The van der Waals surface area contributed by atoms with Gasteiger partial charge in [-0.2, -0.15) is 27.0 Å². The molecule has 58 heavy (non-hydrogen) atoms. The number of amides is 3. The third-order valence-electron chi connectivity index (χ3n) is 7.29. The average molecular weight is 1320 g/mol. The van der Waals surface area contributed by atoms with E-state index in [0.717, 1.165) is 21.8 Å². The maximum Gasteiger partial charge on any atom is 0.411 e. The van der Waals surface area contributed by atoms with Crippen LogP contribution >= 0.6 is 127 Å². The number of nitrogens with zero attached hydrogens (tertiary/aromatic N) is 2. The van der Waals surface area contributed by atoms with Gasteiger partial charge >= 0.3 is 18.2 Å². The van der Waals surface area contributed by atoms with E-state index in [0.29, 0.717) is 36.5 Å². The van der Waals surface area contributed by atoms with Crippen molar-refractivity contribution in [3.63, 3.8) is 0 Å². The standard InChI is InChI=1S/C18H23BrN2O4.C10H17NO4.C8H8BrNO.C2H3I3.2H2S/c1-18(2,3)25-17(24)21-10-4-5-14(21)16(23)20-11-15(22)12-6-8-13(19)9-7-12;1-10(2,3)15-9(14)11-6-4-5-7(11)8(12)13;9-7-3-1-6(2-4-7)8(11)5-10;1-2(3,4)5;;/h6-9,14H,4-5,10-11H2,1-3H3,(H,20,23);7H,4-6H2,1-3H3,(H,12,13);1-4H,5,10H2;1H3;2*1H2/t14-;7-;;;;/m00..../s1. The Bertz CT molecular complexity index is 1640. The summed E-state index contributed by atoms with van der Waals surface area (Å²) in [5.74, 6) is -1.49. The normalized spacial score (nSPS) is 15.9. The summed E-state index contributed by atoms with van der Waals surface area (Å²) in [6, 6.07) is 12.8. The van der Waals surface area contributed by atoms with E-state index >= 15 is 0 Å². The highest BCUT2D eigenvalue weighted by molar-refractivity contribution is 14.3. The largest absolute Gasteiger partial charge is 0.480 e. The second-order valence-electron chi connectivity index (χ2n) is 14.6. The van der Waals surface area contributed by atoms with Gasteiger partial charge in [0.25, 0.3) is 0 Å². The maximum absolute atomic E-state index is 12.4. The smallest absolute Gasteiger partial charge is 0.411 e. The van der Waals surface area contributed by atoms with Gasteiger partial charge < -0.3 is 25.6 Å². The second-order valence-corrected chi connectivity index (χ2v) is 29.1. The molecule has 2 aliphatic heterocycles. The van der Waals surface area contributed by atoms with Crippen LogP contribution in [0.25, 0.3) is 0 Å². The van der Waals surface area contributed by atoms with Crippen molar-refractivity contribution in [2.75, 3.05) is 26.2 Å². The van der Waals surface area contributed by atoms with Crippen LogP contribution in [0.3, 0.4) is 0 Å². The molecule has 0 aromatic heterocycles. The number of hydrogen-bond donors (Lipinski definition) is 3. The number of nitrogens with two attached hydrogens (primary N) is 1. The summed E-state index contributed by atoms with van der Waals surface area (Å²) in [6.07, 6.45) is 1.50. The second kappa shape index (κ2) is 27.9. The number of rotatable bonds is 7. The quantitative estimate of drug-likeness (QED) is 0.137. The first-order valence-electron chi connectivity index (χ1n) is 17.6. The van der Waals surface area contributed by atoms with Crippen molar-refractivity contribution in [2.24, 2.45) is 5.73 Å². The third kappa shape index (κ3) is 25.1. The van der Waals surface area contributed by atoms with Crippen molar-refractivity contribution in [1.82, 2.24) is 15.1 Å². The molecule has 3 amide bonds. The first-order valence-corrected chi connectivity index (χ1v) is 22.4. The number of ketones is 2. The lowest BCUT2D eigenvalue weighted by Gasteiger charge is -2.28. The van der Waals surface area contributed by atoms with Crippen LogP contribution < -0.4 is 11.1 Å². The minimum Gasteiger partial charge on any atom is -0.480 e. The highest BCUT2D eigenvalue weighted by Crippen LogP contribution is 2.33. The van der Waals surface area contributed by atoms with Gasteiger partial charge in [-0.15, -0.1) is 0 Å². The lowest BCUT2D eigenvalue weighted by Crippen LogP contribution is -2.48. The molecule has 4 N–H and O–H groups in total. The lowest BCUT2D eigenvalue weighted by atomic mass is 10.1. The average Bonchev–Trinajstić information content (AvgIpc) is 3.77.